The van der Waals surface area contributed by atoms with Gasteiger partial charge in [0.25, 0.3) is 0 Å². The molecule has 0 aliphatic rings. The Bertz CT molecular complexity index is 1110. The third-order valence-electron chi connectivity index (χ3n) is 5.12. The van der Waals surface area contributed by atoms with Crippen molar-refractivity contribution in [3.8, 4) is 0 Å². The van der Waals surface area contributed by atoms with Crippen LogP contribution in [-0.4, -0.2) is 18.3 Å². The van der Waals surface area contributed by atoms with Gasteiger partial charge < -0.3 is 0 Å². The highest BCUT2D eigenvalue weighted by atomic mass is 16.2. The lowest BCUT2D eigenvalue weighted by molar-refractivity contribution is 0.542. The van der Waals surface area contributed by atoms with E-state index in [1.54, 1.807) is 23.2 Å². The van der Waals surface area contributed by atoms with Gasteiger partial charge in [-0.25, -0.2) is 9.59 Å². The first-order chi connectivity index (χ1) is 12.6. The molecule has 0 saturated heterocycles. The summed E-state index contributed by atoms with van der Waals surface area (Å²) in [6.45, 7) is 1.30. The van der Waals surface area contributed by atoms with Crippen LogP contribution >= 0.6 is 0 Å². The normalized spacial score (nSPS) is 11.6. The summed E-state index contributed by atoms with van der Waals surface area (Å²) in [4.78, 5) is 24.9. The Labute approximate surface area is 150 Å². The molecule has 0 saturated carbocycles. The van der Waals surface area contributed by atoms with Gasteiger partial charge in [0.05, 0.1) is 22.1 Å². The Hall–Kier alpha value is -3.02. The molecule has 0 amide bonds. The molecule has 6 heteroatoms. The maximum Gasteiger partial charge on any atom is 0.328 e. The summed E-state index contributed by atoms with van der Waals surface area (Å²) in [5, 5.41) is 0. The van der Waals surface area contributed by atoms with E-state index in [9.17, 15) is 9.59 Å². The van der Waals surface area contributed by atoms with E-state index in [0.29, 0.717) is 13.1 Å². The maximum atomic E-state index is 12.5. The van der Waals surface area contributed by atoms with Gasteiger partial charge in [-0.15, -0.1) is 0 Å². The van der Waals surface area contributed by atoms with Crippen LogP contribution in [0, 0.1) is 0 Å². The molecule has 0 aliphatic heterocycles. The van der Waals surface area contributed by atoms with Crippen molar-refractivity contribution in [3.05, 3.63) is 69.5 Å². The van der Waals surface area contributed by atoms with E-state index in [-0.39, 0.29) is 11.4 Å². The SMILES string of the molecule is Cn1c(=O)n(CCCCn2c(=O)n(C)c3ccccc32)c2ccccc21. The third-order valence-corrected chi connectivity index (χ3v) is 5.12. The van der Waals surface area contributed by atoms with Crippen molar-refractivity contribution in [2.24, 2.45) is 14.1 Å². The number of fused-ring (bicyclic) bond motifs is 2. The largest absolute Gasteiger partial charge is 0.328 e. The molecule has 0 aliphatic carbocycles. The van der Waals surface area contributed by atoms with Crippen LogP contribution in [0.3, 0.4) is 0 Å². The van der Waals surface area contributed by atoms with Crippen LogP contribution in [0.5, 0.6) is 0 Å². The number of hydrogen-bond acceptors (Lipinski definition) is 2. The van der Waals surface area contributed by atoms with Gasteiger partial charge in [0.2, 0.25) is 0 Å². The number of hydrogen-bond donors (Lipinski definition) is 0. The summed E-state index contributed by atoms with van der Waals surface area (Å²) in [7, 11) is 3.60. The molecule has 0 radical (unpaired) electrons. The van der Waals surface area contributed by atoms with E-state index < -0.39 is 0 Å². The minimum absolute atomic E-state index is 0.00790. The van der Waals surface area contributed by atoms with Gasteiger partial charge in [-0.2, -0.15) is 0 Å². The quantitative estimate of drug-likeness (QED) is 0.519. The zero-order valence-corrected chi connectivity index (χ0v) is 15.1. The van der Waals surface area contributed by atoms with Gasteiger partial charge in [0, 0.05) is 27.2 Å². The first-order valence-electron chi connectivity index (χ1n) is 8.88. The van der Waals surface area contributed by atoms with Gasteiger partial charge in [-0.1, -0.05) is 24.3 Å². The number of aryl methyl sites for hydroxylation is 4. The monoisotopic (exact) mass is 350 g/mol. The lowest BCUT2D eigenvalue weighted by Gasteiger charge is -2.05. The van der Waals surface area contributed by atoms with Crippen molar-refractivity contribution in [1.29, 1.82) is 0 Å². The summed E-state index contributed by atoms with van der Waals surface area (Å²) in [5.74, 6) is 0. The smallest absolute Gasteiger partial charge is 0.295 e. The van der Waals surface area contributed by atoms with E-state index in [2.05, 4.69) is 0 Å². The van der Waals surface area contributed by atoms with Crippen molar-refractivity contribution < 1.29 is 0 Å². The van der Waals surface area contributed by atoms with Gasteiger partial charge in [-0.05, 0) is 37.1 Å². The first kappa shape index (κ1) is 16.4. The Balaban J connectivity index is 1.52. The van der Waals surface area contributed by atoms with Crippen LogP contribution in [0.25, 0.3) is 22.1 Å². The average molecular weight is 350 g/mol. The van der Waals surface area contributed by atoms with Crippen LogP contribution in [0.4, 0.5) is 0 Å². The Kier molecular flexibility index (Phi) is 4.03. The highest BCUT2D eigenvalue weighted by molar-refractivity contribution is 5.76. The molecule has 134 valence electrons. The standard InChI is InChI=1S/C20H22N4O2/c1-21-15-9-3-5-11-17(15)23(19(21)25)13-7-8-14-24-18-12-6-4-10-16(18)22(2)20(24)26/h3-6,9-12H,7-8,13-14H2,1-2H3. The van der Waals surface area contributed by atoms with Crippen LogP contribution in [0.2, 0.25) is 0 Å². The number of para-hydroxylation sites is 4. The Morgan fingerprint density at radius 3 is 1.35 bits per heavy atom. The summed E-state index contributed by atoms with van der Waals surface area (Å²) < 4.78 is 7.01. The van der Waals surface area contributed by atoms with E-state index in [4.69, 9.17) is 0 Å². The van der Waals surface area contributed by atoms with Crippen molar-refractivity contribution in [2.75, 3.05) is 0 Å². The lowest BCUT2D eigenvalue weighted by atomic mass is 10.2. The number of imidazole rings is 2. The lowest BCUT2D eigenvalue weighted by Crippen LogP contribution is -2.24. The highest BCUT2D eigenvalue weighted by Gasteiger charge is 2.11. The second-order valence-corrected chi connectivity index (χ2v) is 6.67. The second-order valence-electron chi connectivity index (χ2n) is 6.67. The summed E-state index contributed by atoms with van der Waals surface area (Å²) in [6.07, 6.45) is 1.67. The molecule has 2 heterocycles. The summed E-state index contributed by atoms with van der Waals surface area (Å²) in [6, 6.07) is 15.7. The summed E-state index contributed by atoms with van der Waals surface area (Å²) in [5.41, 5.74) is 3.83. The van der Waals surface area contributed by atoms with Gasteiger partial charge >= 0.3 is 11.4 Å². The average Bonchev–Trinajstić information content (AvgIpc) is 3.06. The van der Waals surface area contributed by atoms with Crippen molar-refractivity contribution in [2.45, 2.75) is 25.9 Å². The molecule has 2 aromatic heterocycles. The fourth-order valence-electron chi connectivity index (χ4n) is 3.70. The van der Waals surface area contributed by atoms with Crippen LogP contribution in [0.15, 0.2) is 58.1 Å². The molecule has 0 atom stereocenters. The van der Waals surface area contributed by atoms with E-state index in [1.807, 2.05) is 57.7 Å². The number of unbranched alkanes of at least 4 members (excludes halogenated alkanes) is 1. The molecule has 0 spiro atoms. The zero-order chi connectivity index (χ0) is 18.3. The Morgan fingerprint density at radius 2 is 0.962 bits per heavy atom. The molecular formula is C20H22N4O2. The number of aromatic nitrogens is 4. The van der Waals surface area contributed by atoms with Crippen LogP contribution in [0.1, 0.15) is 12.8 Å². The third kappa shape index (κ3) is 2.49. The number of nitrogens with zero attached hydrogens (tertiary/aromatic N) is 4. The minimum atomic E-state index is 0.00790. The van der Waals surface area contributed by atoms with E-state index >= 15 is 0 Å². The Morgan fingerprint density at radius 1 is 0.615 bits per heavy atom. The fraction of sp³-hybridized carbons (Fsp3) is 0.300. The van der Waals surface area contributed by atoms with E-state index in [0.717, 1.165) is 34.9 Å². The van der Waals surface area contributed by atoms with Crippen LogP contribution < -0.4 is 11.4 Å². The molecular weight excluding hydrogens is 328 g/mol. The van der Waals surface area contributed by atoms with Gasteiger partial charge in [-0.3, -0.25) is 18.3 Å². The van der Waals surface area contributed by atoms with Crippen molar-refractivity contribution in [3.63, 3.8) is 0 Å². The van der Waals surface area contributed by atoms with Crippen molar-refractivity contribution >= 4 is 22.1 Å². The molecule has 0 bridgehead atoms. The second kappa shape index (κ2) is 6.37. The molecule has 0 unspecified atom stereocenters. The zero-order valence-electron chi connectivity index (χ0n) is 15.1. The van der Waals surface area contributed by atoms with E-state index in [1.165, 1.54) is 0 Å². The predicted molar refractivity (Wildman–Crippen MR) is 104 cm³/mol. The molecule has 0 N–H and O–H groups in total. The van der Waals surface area contributed by atoms with Crippen molar-refractivity contribution in [1.82, 2.24) is 18.3 Å². The molecule has 2 aromatic carbocycles. The minimum Gasteiger partial charge on any atom is -0.295 e. The molecule has 0 fully saturated rings. The molecule has 6 nitrogen and oxygen atoms in total. The number of benzene rings is 2. The molecule has 26 heavy (non-hydrogen) atoms. The topological polar surface area (TPSA) is 53.9 Å². The molecule has 4 aromatic rings. The fourth-order valence-corrected chi connectivity index (χ4v) is 3.70. The van der Waals surface area contributed by atoms with Gasteiger partial charge in [0.15, 0.2) is 0 Å². The van der Waals surface area contributed by atoms with Gasteiger partial charge in [0.1, 0.15) is 0 Å². The van der Waals surface area contributed by atoms with Crippen LogP contribution in [-0.2, 0) is 27.2 Å². The maximum absolute atomic E-state index is 12.5. The molecule has 4 rings (SSSR count). The predicted octanol–water partition coefficient (Wildman–Crippen LogP) is 2.47. The number of rotatable bonds is 5. The highest BCUT2D eigenvalue weighted by Crippen LogP contribution is 2.14. The summed E-state index contributed by atoms with van der Waals surface area (Å²) >= 11 is 0. The first-order valence-corrected chi connectivity index (χ1v) is 8.88.